The first kappa shape index (κ1) is 24.2. The first-order valence-electron chi connectivity index (χ1n) is 13.3. The molecule has 3 aliphatic heterocycles. The highest BCUT2D eigenvalue weighted by atomic mass is 35.5. The van der Waals surface area contributed by atoms with E-state index in [2.05, 4.69) is 19.2 Å². The Balaban J connectivity index is 1.53. The molecule has 196 valence electrons. The van der Waals surface area contributed by atoms with E-state index in [0.717, 1.165) is 11.1 Å². The fraction of sp³-hybridized carbons (Fsp3) is 0.290. The molecule has 3 aliphatic rings. The predicted octanol–water partition coefficient (Wildman–Crippen LogP) is 4.73. The molecule has 1 spiro atoms. The van der Waals surface area contributed by atoms with E-state index in [1.165, 1.54) is 4.90 Å². The van der Waals surface area contributed by atoms with Crippen LogP contribution in [0.1, 0.15) is 37.2 Å². The van der Waals surface area contributed by atoms with Crippen LogP contribution in [0.15, 0.2) is 71.5 Å². The Morgan fingerprint density at radius 3 is 2.51 bits per heavy atom. The number of imide groups is 1. The van der Waals surface area contributed by atoms with Gasteiger partial charge in [-0.25, -0.2) is 9.88 Å². The summed E-state index contributed by atoms with van der Waals surface area (Å²) in [5.41, 5.74) is 1.99. The van der Waals surface area contributed by atoms with Gasteiger partial charge < -0.3 is 0 Å². The Morgan fingerprint density at radius 1 is 0.974 bits per heavy atom. The van der Waals surface area contributed by atoms with Crippen molar-refractivity contribution in [2.45, 2.75) is 38.8 Å². The lowest BCUT2D eigenvalue weighted by Gasteiger charge is -2.32. The lowest BCUT2D eigenvalue weighted by Crippen LogP contribution is -2.50. The average molecular weight is 539 g/mol. The number of rotatable bonds is 3. The van der Waals surface area contributed by atoms with Crippen molar-refractivity contribution in [3.63, 3.8) is 0 Å². The minimum Gasteiger partial charge on any atom is -0.297 e. The summed E-state index contributed by atoms with van der Waals surface area (Å²) in [6.45, 7) is 6.08. The maximum atomic E-state index is 14.5. The molecule has 7 nitrogen and oxygen atoms in total. The lowest BCUT2D eigenvalue weighted by atomic mass is 9.75. The topological polar surface area (TPSA) is 84.3 Å². The largest absolute Gasteiger partial charge is 0.297 e. The molecule has 7 rings (SSSR count). The zero-order valence-corrected chi connectivity index (χ0v) is 22.6. The number of nitrogens with one attached hydrogen (secondary N) is 1. The SMILES string of the molecule is Cc1ccc(Cl)cc1N1C(=O)[C@H]2C(CC(C)C)NC3(c4ccccc4-n4c3nc3ccccc3c4=O)[C@H]2C1=O. The molecule has 2 amide bonds. The van der Waals surface area contributed by atoms with Gasteiger partial charge in [0.25, 0.3) is 5.56 Å². The number of nitrogens with zero attached hydrogens (tertiary/aromatic N) is 3. The molecule has 4 aromatic rings. The van der Waals surface area contributed by atoms with Gasteiger partial charge in [-0.05, 0) is 55.2 Å². The Kier molecular flexibility index (Phi) is 5.19. The molecule has 3 aromatic carbocycles. The second-order valence-corrected chi connectivity index (χ2v) is 11.7. The lowest BCUT2D eigenvalue weighted by molar-refractivity contribution is -0.123. The van der Waals surface area contributed by atoms with E-state index < -0.39 is 17.4 Å². The molecule has 0 aliphatic carbocycles. The molecule has 39 heavy (non-hydrogen) atoms. The van der Waals surface area contributed by atoms with Crippen LogP contribution in [0.5, 0.6) is 0 Å². The minimum atomic E-state index is -1.14. The number of aryl methyl sites for hydroxylation is 1. The van der Waals surface area contributed by atoms with Gasteiger partial charge in [0, 0.05) is 16.6 Å². The Hall–Kier alpha value is -3.81. The van der Waals surface area contributed by atoms with Crippen molar-refractivity contribution in [1.82, 2.24) is 14.9 Å². The Labute approximate surface area is 230 Å². The number of amides is 2. The van der Waals surface area contributed by atoms with Crippen molar-refractivity contribution in [2.24, 2.45) is 17.8 Å². The van der Waals surface area contributed by atoms with Gasteiger partial charge in [0.1, 0.15) is 11.4 Å². The molecule has 2 unspecified atom stereocenters. The number of hydrogen-bond acceptors (Lipinski definition) is 5. The van der Waals surface area contributed by atoms with Gasteiger partial charge in [0.15, 0.2) is 0 Å². The van der Waals surface area contributed by atoms with Crippen LogP contribution in [0, 0.1) is 24.7 Å². The molecular formula is C31H27ClN4O3. The Bertz CT molecular complexity index is 1780. The molecule has 0 radical (unpaired) electrons. The minimum absolute atomic E-state index is 0.190. The van der Waals surface area contributed by atoms with Crippen molar-refractivity contribution in [3.8, 4) is 5.69 Å². The Morgan fingerprint density at radius 2 is 1.72 bits per heavy atom. The van der Waals surface area contributed by atoms with Gasteiger partial charge in [0.05, 0.1) is 34.1 Å². The summed E-state index contributed by atoms with van der Waals surface area (Å²) in [6.07, 6.45) is 0.685. The van der Waals surface area contributed by atoms with Crippen LogP contribution in [0.2, 0.25) is 5.02 Å². The number of carbonyl (C=O) groups excluding carboxylic acids is 2. The monoisotopic (exact) mass is 538 g/mol. The molecule has 4 atom stereocenters. The summed E-state index contributed by atoms with van der Waals surface area (Å²) >= 11 is 6.33. The number of fused-ring (bicyclic) bond motifs is 8. The zero-order chi connectivity index (χ0) is 27.2. The van der Waals surface area contributed by atoms with Gasteiger partial charge >= 0.3 is 0 Å². The molecule has 0 saturated carbocycles. The van der Waals surface area contributed by atoms with E-state index >= 15 is 0 Å². The van der Waals surface area contributed by atoms with Gasteiger partial charge in [-0.3, -0.25) is 24.3 Å². The summed E-state index contributed by atoms with van der Waals surface area (Å²) in [5.74, 6) is -1.23. The fourth-order valence-corrected chi connectivity index (χ4v) is 7.16. The summed E-state index contributed by atoms with van der Waals surface area (Å²) in [7, 11) is 0. The van der Waals surface area contributed by atoms with E-state index in [1.807, 2.05) is 55.5 Å². The summed E-state index contributed by atoms with van der Waals surface area (Å²) in [6, 6.07) is 19.8. The fourth-order valence-electron chi connectivity index (χ4n) is 6.99. The molecule has 4 heterocycles. The van der Waals surface area contributed by atoms with Crippen LogP contribution in [0.25, 0.3) is 16.6 Å². The molecule has 1 aromatic heterocycles. The number of aromatic nitrogens is 2. The second-order valence-electron chi connectivity index (χ2n) is 11.2. The highest BCUT2D eigenvalue weighted by molar-refractivity contribution is 6.31. The molecular weight excluding hydrogens is 512 g/mol. The third kappa shape index (κ3) is 3.14. The summed E-state index contributed by atoms with van der Waals surface area (Å²) in [5, 5.41) is 4.71. The van der Waals surface area contributed by atoms with E-state index in [0.29, 0.717) is 39.5 Å². The maximum absolute atomic E-state index is 14.5. The molecule has 2 saturated heterocycles. The van der Waals surface area contributed by atoms with Crippen LogP contribution in [-0.2, 0) is 15.1 Å². The normalized spacial score (nSPS) is 25.2. The van der Waals surface area contributed by atoms with E-state index in [1.54, 1.807) is 22.8 Å². The van der Waals surface area contributed by atoms with E-state index in [4.69, 9.17) is 16.6 Å². The maximum Gasteiger partial charge on any atom is 0.266 e. The average Bonchev–Trinajstić information content (AvgIpc) is 3.48. The number of halogens is 1. The van der Waals surface area contributed by atoms with Crippen molar-refractivity contribution < 1.29 is 9.59 Å². The van der Waals surface area contributed by atoms with Crippen LogP contribution >= 0.6 is 11.6 Å². The first-order valence-corrected chi connectivity index (χ1v) is 13.7. The summed E-state index contributed by atoms with van der Waals surface area (Å²) < 4.78 is 1.63. The van der Waals surface area contributed by atoms with Crippen LogP contribution in [-0.4, -0.2) is 27.4 Å². The van der Waals surface area contributed by atoms with Gasteiger partial charge in [-0.1, -0.05) is 61.8 Å². The number of hydrogen-bond donors (Lipinski definition) is 1. The standard InChI is InChI=1S/C31H27ClN4O3/c1-16(2)14-22-25-26(29(39)35(28(25)38)24-15-18(32)13-12-17(24)3)31(34-22)20-9-5-7-11-23(20)36-27(37)19-8-4-6-10-21(19)33-30(31)36/h4-13,15-16,22,25-26,34H,14H2,1-3H3/t22?,25-,26+,31?/m0/s1. The van der Waals surface area contributed by atoms with Crippen LogP contribution in [0.3, 0.4) is 0 Å². The zero-order valence-electron chi connectivity index (χ0n) is 21.8. The number of carbonyl (C=O) groups is 2. The third-order valence-electron chi connectivity index (χ3n) is 8.50. The quantitative estimate of drug-likeness (QED) is 0.381. The van der Waals surface area contributed by atoms with Crippen molar-refractivity contribution in [2.75, 3.05) is 4.90 Å². The van der Waals surface area contributed by atoms with Gasteiger partial charge in [0.2, 0.25) is 11.8 Å². The molecule has 8 heteroatoms. The van der Waals surface area contributed by atoms with Crippen molar-refractivity contribution in [3.05, 3.63) is 99.1 Å². The highest BCUT2D eigenvalue weighted by Crippen LogP contribution is 2.56. The third-order valence-corrected chi connectivity index (χ3v) is 8.73. The smallest absolute Gasteiger partial charge is 0.266 e. The second kappa shape index (κ2) is 8.34. The number of benzene rings is 3. The predicted molar refractivity (Wildman–Crippen MR) is 150 cm³/mol. The molecule has 1 N–H and O–H groups in total. The number of para-hydroxylation sites is 2. The van der Waals surface area contributed by atoms with Gasteiger partial charge in [-0.2, -0.15) is 0 Å². The van der Waals surface area contributed by atoms with E-state index in [-0.39, 0.29) is 29.3 Å². The van der Waals surface area contributed by atoms with Gasteiger partial charge in [-0.15, -0.1) is 0 Å². The van der Waals surface area contributed by atoms with Crippen LogP contribution < -0.4 is 15.8 Å². The number of anilines is 1. The van der Waals surface area contributed by atoms with Crippen LogP contribution in [0.4, 0.5) is 5.69 Å². The highest BCUT2D eigenvalue weighted by Gasteiger charge is 2.69. The molecule has 0 bridgehead atoms. The molecule has 2 fully saturated rings. The van der Waals surface area contributed by atoms with Crippen molar-refractivity contribution in [1.29, 1.82) is 0 Å². The first-order chi connectivity index (χ1) is 18.7. The van der Waals surface area contributed by atoms with E-state index in [9.17, 15) is 14.4 Å². The van der Waals surface area contributed by atoms with Crippen molar-refractivity contribution >= 4 is 40.0 Å². The summed E-state index contributed by atoms with van der Waals surface area (Å²) in [4.78, 5) is 49.0.